The number of carbonyl (C=O) groups excluding carboxylic acids is 2. The maximum atomic E-state index is 12.1. The average molecular weight is 398 g/mol. The molecule has 0 aromatic heterocycles. The van der Waals surface area contributed by atoms with Crippen LogP contribution in [0.15, 0.2) is 48.5 Å². The molecule has 0 fully saturated rings. The summed E-state index contributed by atoms with van der Waals surface area (Å²) in [5.41, 5.74) is 2.08. The van der Waals surface area contributed by atoms with E-state index in [4.69, 9.17) is 4.74 Å². The quantitative estimate of drug-likeness (QED) is 0.558. The fraction of sp³-hybridized carbons (Fsp3) is 0.391. The lowest BCUT2D eigenvalue weighted by atomic mass is 10.1. The minimum atomic E-state index is -0.153. The Balaban J connectivity index is 1.77. The highest BCUT2D eigenvalue weighted by atomic mass is 16.5. The number of benzene rings is 2. The van der Waals surface area contributed by atoms with Crippen LogP contribution in [0.4, 0.5) is 11.4 Å². The van der Waals surface area contributed by atoms with Crippen molar-refractivity contribution in [3.63, 3.8) is 0 Å². The van der Waals surface area contributed by atoms with Crippen LogP contribution in [0.3, 0.4) is 0 Å². The van der Waals surface area contributed by atoms with E-state index in [1.807, 2.05) is 38.1 Å². The third-order valence-electron chi connectivity index (χ3n) is 4.12. The molecule has 0 atom stereocenters. The number of anilines is 2. The van der Waals surface area contributed by atoms with Crippen LogP contribution >= 0.6 is 0 Å². The van der Waals surface area contributed by atoms with Crippen molar-refractivity contribution in [3.8, 4) is 5.75 Å². The van der Waals surface area contributed by atoms with E-state index >= 15 is 0 Å². The molecule has 0 radical (unpaired) electrons. The van der Waals surface area contributed by atoms with Gasteiger partial charge in [-0.3, -0.25) is 9.59 Å². The van der Waals surface area contributed by atoms with Crippen molar-refractivity contribution in [3.05, 3.63) is 54.1 Å². The van der Waals surface area contributed by atoms with Crippen molar-refractivity contribution in [1.82, 2.24) is 5.32 Å². The molecule has 2 aromatic rings. The molecule has 156 valence electrons. The Kier molecular flexibility index (Phi) is 8.52. The second kappa shape index (κ2) is 11.1. The Labute approximate surface area is 173 Å². The van der Waals surface area contributed by atoms with Gasteiger partial charge in [-0.05, 0) is 74.7 Å². The van der Waals surface area contributed by atoms with Crippen molar-refractivity contribution < 1.29 is 14.3 Å². The molecule has 0 saturated heterocycles. The Hall–Kier alpha value is -3.02. The highest BCUT2D eigenvalue weighted by Gasteiger charge is 2.07. The van der Waals surface area contributed by atoms with E-state index in [9.17, 15) is 9.59 Å². The summed E-state index contributed by atoms with van der Waals surface area (Å²) < 4.78 is 5.68. The first-order valence-electron chi connectivity index (χ1n) is 10.0. The summed E-state index contributed by atoms with van der Waals surface area (Å²) >= 11 is 0. The van der Waals surface area contributed by atoms with Crippen molar-refractivity contribution in [2.45, 2.75) is 40.2 Å². The van der Waals surface area contributed by atoms with Gasteiger partial charge in [-0.1, -0.05) is 13.8 Å². The smallest absolute Gasteiger partial charge is 0.251 e. The largest absolute Gasteiger partial charge is 0.494 e. The van der Waals surface area contributed by atoms with E-state index in [1.165, 1.54) is 0 Å². The normalized spacial score (nSPS) is 10.7. The van der Waals surface area contributed by atoms with Gasteiger partial charge in [0.25, 0.3) is 5.91 Å². The molecule has 2 rings (SSSR count). The Bertz CT molecular complexity index is 784. The summed E-state index contributed by atoms with van der Waals surface area (Å²) in [6.07, 6.45) is 1.01. The summed E-state index contributed by atoms with van der Waals surface area (Å²) in [5.74, 6) is 1.14. The Morgan fingerprint density at radius 3 is 2.10 bits per heavy atom. The lowest BCUT2D eigenvalue weighted by Gasteiger charge is -2.11. The predicted octanol–water partition coefficient (Wildman–Crippen LogP) is 4.30. The second-order valence-corrected chi connectivity index (χ2v) is 7.66. The molecule has 2 aromatic carbocycles. The van der Waals surface area contributed by atoms with Gasteiger partial charge in [0.1, 0.15) is 5.75 Å². The minimum absolute atomic E-state index is 0.0877. The van der Waals surface area contributed by atoms with Gasteiger partial charge in [-0.2, -0.15) is 0 Å². The minimum Gasteiger partial charge on any atom is -0.494 e. The second-order valence-electron chi connectivity index (χ2n) is 7.66. The third-order valence-corrected chi connectivity index (χ3v) is 4.12. The molecular formula is C23H31N3O3. The lowest BCUT2D eigenvalue weighted by molar-refractivity contribution is -0.114. The van der Waals surface area contributed by atoms with Crippen LogP contribution < -0.4 is 20.7 Å². The summed E-state index contributed by atoms with van der Waals surface area (Å²) in [7, 11) is 0. The van der Waals surface area contributed by atoms with Gasteiger partial charge in [0, 0.05) is 23.0 Å². The van der Waals surface area contributed by atoms with Crippen molar-refractivity contribution in [1.29, 1.82) is 0 Å². The zero-order valence-corrected chi connectivity index (χ0v) is 17.6. The molecule has 6 nitrogen and oxygen atoms in total. The third kappa shape index (κ3) is 8.25. The average Bonchev–Trinajstić information content (AvgIpc) is 2.67. The number of hydrogen-bond acceptors (Lipinski definition) is 4. The van der Waals surface area contributed by atoms with Crippen molar-refractivity contribution >= 4 is 23.2 Å². The van der Waals surface area contributed by atoms with Gasteiger partial charge in [0.05, 0.1) is 13.2 Å². The number of carbonyl (C=O) groups is 2. The van der Waals surface area contributed by atoms with E-state index in [0.29, 0.717) is 23.8 Å². The maximum absolute atomic E-state index is 12.1. The van der Waals surface area contributed by atoms with Crippen molar-refractivity contribution in [2.24, 2.45) is 5.92 Å². The topological polar surface area (TPSA) is 79.5 Å². The predicted molar refractivity (Wildman–Crippen MR) is 118 cm³/mol. The monoisotopic (exact) mass is 397 g/mol. The number of rotatable bonds is 10. The van der Waals surface area contributed by atoms with Gasteiger partial charge in [0.15, 0.2) is 0 Å². The van der Waals surface area contributed by atoms with Crippen LogP contribution in [-0.4, -0.2) is 31.0 Å². The van der Waals surface area contributed by atoms with E-state index < -0.39 is 0 Å². The van der Waals surface area contributed by atoms with Gasteiger partial charge in [-0.25, -0.2) is 0 Å². The standard InChI is InChI=1S/C23H31N3O3/c1-16(2)13-14-29-21-11-9-20(10-12-21)26-22(27)15-24-19-7-5-18(6-8-19)23(28)25-17(3)4/h5-12,16-17,24H,13-15H2,1-4H3,(H,25,28)(H,26,27). The first-order valence-corrected chi connectivity index (χ1v) is 10.0. The lowest BCUT2D eigenvalue weighted by Crippen LogP contribution is -2.30. The zero-order valence-electron chi connectivity index (χ0n) is 17.6. The fourth-order valence-corrected chi connectivity index (χ4v) is 2.52. The Morgan fingerprint density at radius 1 is 0.897 bits per heavy atom. The van der Waals surface area contributed by atoms with Crippen LogP contribution in [0.25, 0.3) is 0 Å². The van der Waals surface area contributed by atoms with Gasteiger partial charge >= 0.3 is 0 Å². The van der Waals surface area contributed by atoms with Crippen molar-refractivity contribution in [2.75, 3.05) is 23.8 Å². The molecule has 3 N–H and O–H groups in total. The van der Waals surface area contributed by atoms with Crippen LogP contribution in [-0.2, 0) is 4.79 Å². The number of ether oxygens (including phenoxy) is 1. The molecule has 0 saturated carbocycles. The molecule has 0 aliphatic heterocycles. The molecule has 0 bridgehead atoms. The zero-order chi connectivity index (χ0) is 21.2. The first-order chi connectivity index (χ1) is 13.8. The molecule has 0 aliphatic carbocycles. The van der Waals surface area contributed by atoms with E-state index in [-0.39, 0.29) is 24.4 Å². The SMILES string of the molecule is CC(C)CCOc1ccc(NC(=O)CNc2ccc(C(=O)NC(C)C)cc2)cc1. The van der Waals surface area contributed by atoms with Gasteiger partial charge in [0.2, 0.25) is 5.91 Å². The maximum Gasteiger partial charge on any atom is 0.251 e. The molecule has 29 heavy (non-hydrogen) atoms. The van der Waals surface area contributed by atoms with E-state index in [2.05, 4.69) is 29.8 Å². The number of amides is 2. The molecule has 2 amide bonds. The highest BCUT2D eigenvalue weighted by Crippen LogP contribution is 2.16. The molecular weight excluding hydrogens is 366 g/mol. The van der Waals surface area contributed by atoms with Crippen LogP contribution in [0.1, 0.15) is 44.5 Å². The van der Waals surface area contributed by atoms with Crippen LogP contribution in [0.2, 0.25) is 0 Å². The molecule has 6 heteroatoms. The summed E-state index contributed by atoms with van der Waals surface area (Å²) in [4.78, 5) is 24.1. The molecule has 0 unspecified atom stereocenters. The fourth-order valence-electron chi connectivity index (χ4n) is 2.52. The van der Waals surface area contributed by atoms with Gasteiger partial charge < -0.3 is 20.7 Å². The summed E-state index contributed by atoms with van der Waals surface area (Å²) in [6.45, 7) is 8.97. The number of hydrogen-bond donors (Lipinski definition) is 3. The number of nitrogens with one attached hydrogen (secondary N) is 3. The van der Waals surface area contributed by atoms with Crippen LogP contribution in [0, 0.1) is 5.92 Å². The van der Waals surface area contributed by atoms with Gasteiger partial charge in [-0.15, -0.1) is 0 Å². The molecule has 0 heterocycles. The molecule has 0 spiro atoms. The highest BCUT2D eigenvalue weighted by molar-refractivity contribution is 5.95. The van der Waals surface area contributed by atoms with Crippen LogP contribution in [0.5, 0.6) is 5.75 Å². The molecule has 0 aliphatic rings. The summed E-state index contributed by atoms with van der Waals surface area (Å²) in [5, 5.41) is 8.74. The Morgan fingerprint density at radius 2 is 1.52 bits per heavy atom. The van der Waals surface area contributed by atoms with E-state index in [1.54, 1.807) is 24.3 Å². The summed E-state index contributed by atoms with van der Waals surface area (Å²) in [6, 6.07) is 14.5. The van der Waals surface area contributed by atoms with E-state index in [0.717, 1.165) is 17.9 Å². The first kappa shape index (κ1) is 22.3.